The Bertz CT molecular complexity index is 2240. The van der Waals surface area contributed by atoms with E-state index in [9.17, 15) is 5.26 Å². The largest absolute Gasteiger partial charge is 0.309 e. The molecule has 0 radical (unpaired) electrons. The maximum Gasteiger partial charge on any atom is 0.0998 e. The minimum Gasteiger partial charge on any atom is -0.309 e. The summed E-state index contributed by atoms with van der Waals surface area (Å²) >= 11 is 0. The van der Waals surface area contributed by atoms with E-state index in [1.54, 1.807) is 0 Å². The lowest BCUT2D eigenvalue weighted by molar-refractivity contribution is 1.17. The Balaban J connectivity index is 1.46. The van der Waals surface area contributed by atoms with Crippen molar-refractivity contribution in [2.24, 2.45) is 0 Å². The molecular weight excluding hydrogens is 486 g/mol. The van der Waals surface area contributed by atoms with Crippen LogP contribution >= 0.6 is 0 Å². The molecule has 0 aliphatic heterocycles. The SMILES string of the molecule is N#Cc1ccccc1-c1cccc(-n2c3ccccc3c3c(-n4c5ccccc5c5ccccc54)cccc32)c1. The van der Waals surface area contributed by atoms with Gasteiger partial charge in [-0.2, -0.15) is 5.26 Å². The number of nitriles is 1. The molecule has 3 heteroatoms. The van der Waals surface area contributed by atoms with Crippen molar-refractivity contribution in [1.29, 1.82) is 5.26 Å². The summed E-state index contributed by atoms with van der Waals surface area (Å²) < 4.78 is 4.75. The Labute approximate surface area is 231 Å². The molecule has 6 aromatic carbocycles. The first-order chi connectivity index (χ1) is 19.8. The van der Waals surface area contributed by atoms with Gasteiger partial charge in [0.05, 0.1) is 39.4 Å². The van der Waals surface area contributed by atoms with Gasteiger partial charge in [0.15, 0.2) is 0 Å². The van der Waals surface area contributed by atoms with Gasteiger partial charge < -0.3 is 9.13 Å². The topological polar surface area (TPSA) is 33.6 Å². The van der Waals surface area contributed by atoms with E-state index in [0.29, 0.717) is 5.56 Å². The summed E-state index contributed by atoms with van der Waals surface area (Å²) in [7, 11) is 0. The normalized spacial score (nSPS) is 11.5. The van der Waals surface area contributed by atoms with E-state index in [0.717, 1.165) is 33.5 Å². The molecule has 0 saturated carbocycles. The van der Waals surface area contributed by atoms with E-state index in [2.05, 4.69) is 130 Å². The van der Waals surface area contributed by atoms with Gasteiger partial charge in [-0.3, -0.25) is 0 Å². The first-order valence-corrected chi connectivity index (χ1v) is 13.4. The Morgan fingerprint density at radius 3 is 1.77 bits per heavy atom. The summed E-state index contributed by atoms with van der Waals surface area (Å²) in [6.45, 7) is 0. The van der Waals surface area contributed by atoms with Crippen molar-refractivity contribution in [3.63, 3.8) is 0 Å². The zero-order valence-electron chi connectivity index (χ0n) is 21.6. The van der Waals surface area contributed by atoms with Crippen molar-refractivity contribution < 1.29 is 0 Å². The summed E-state index contributed by atoms with van der Waals surface area (Å²) in [5.41, 5.74) is 9.56. The molecule has 2 aromatic heterocycles. The third kappa shape index (κ3) is 3.17. The predicted molar refractivity (Wildman–Crippen MR) is 165 cm³/mol. The molecule has 0 aliphatic rings. The van der Waals surface area contributed by atoms with E-state index < -0.39 is 0 Å². The lowest BCUT2D eigenvalue weighted by atomic mass is 10.00. The fourth-order valence-corrected chi connectivity index (χ4v) is 6.29. The highest BCUT2D eigenvalue weighted by Gasteiger charge is 2.19. The highest BCUT2D eigenvalue weighted by Crippen LogP contribution is 2.40. The summed E-state index contributed by atoms with van der Waals surface area (Å²) in [5, 5.41) is 14.7. The molecule has 2 heterocycles. The molecule has 0 aliphatic carbocycles. The van der Waals surface area contributed by atoms with Gasteiger partial charge in [-0.1, -0.05) is 91.0 Å². The molecule has 0 N–H and O–H groups in total. The van der Waals surface area contributed by atoms with Crippen LogP contribution in [0, 0.1) is 11.3 Å². The number of fused-ring (bicyclic) bond motifs is 6. The van der Waals surface area contributed by atoms with Crippen molar-refractivity contribution in [2.75, 3.05) is 0 Å². The first kappa shape index (κ1) is 22.4. The number of hydrogen-bond donors (Lipinski definition) is 0. The van der Waals surface area contributed by atoms with Crippen molar-refractivity contribution in [1.82, 2.24) is 9.13 Å². The zero-order valence-corrected chi connectivity index (χ0v) is 21.6. The van der Waals surface area contributed by atoms with Crippen LogP contribution in [0.1, 0.15) is 5.56 Å². The lowest BCUT2D eigenvalue weighted by Gasteiger charge is -2.12. The van der Waals surface area contributed by atoms with Crippen LogP contribution < -0.4 is 0 Å². The molecule has 40 heavy (non-hydrogen) atoms. The van der Waals surface area contributed by atoms with Crippen molar-refractivity contribution in [2.45, 2.75) is 0 Å². The van der Waals surface area contributed by atoms with Crippen LogP contribution in [-0.4, -0.2) is 9.13 Å². The average Bonchev–Trinajstić information content (AvgIpc) is 3.54. The van der Waals surface area contributed by atoms with Crippen LogP contribution in [0.3, 0.4) is 0 Å². The third-order valence-electron chi connectivity index (χ3n) is 7.96. The second-order valence-electron chi connectivity index (χ2n) is 10.1. The predicted octanol–water partition coefficient (Wildman–Crippen LogP) is 9.42. The quantitative estimate of drug-likeness (QED) is 0.233. The van der Waals surface area contributed by atoms with Crippen LogP contribution in [-0.2, 0) is 0 Å². The number of rotatable bonds is 3. The summed E-state index contributed by atoms with van der Waals surface area (Å²) in [6.07, 6.45) is 0. The molecule has 186 valence electrons. The maximum atomic E-state index is 9.73. The second kappa shape index (κ2) is 8.73. The van der Waals surface area contributed by atoms with Gasteiger partial charge >= 0.3 is 0 Å². The smallest absolute Gasteiger partial charge is 0.0998 e. The molecule has 3 nitrogen and oxygen atoms in total. The molecule has 8 aromatic rings. The molecule has 0 unspecified atom stereocenters. The van der Waals surface area contributed by atoms with Crippen molar-refractivity contribution in [3.8, 4) is 28.6 Å². The molecule has 0 fully saturated rings. The minimum atomic E-state index is 0.676. The Kier molecular flexibility index (Phi) is 4.89. The highest BCUT2D eigenvalue weighted by atomic mass is 15.0. The second-order valence-corrected chi connectivity index (χ2v) is 10.1. The zero-order chi connectivity index (χ0) is 26.6. The van der Waals surface area contributed by atoms with E-state index in [-0.39, 0.29) is 0 Å². The van der Waals surface area contributed by atoms with E-state index in [1.165, 1.54) is 32.6 Å². The van der Waals surface area contributed by atoms with E-state index in [4.69, 9.17) is 0 Å². The monoisotopic (exact) mass is 509 g/mol. The molecule has 0 spiro atoms. The summed E-state index contributed by atoms with van der Waals surface area (Å²) in [4.78, 5) is 0. The van der Waals surface area contributed by atoms with Gasteiger partial charge in [0.1, 0.15) is 0 Å². The maximum absolute atomic E-state index is 9.73. The van der Waals surface area contributed by atoms with Gasteiger partial charge in [0.25, 0.3) is 0 Å². The van der Waals surface area contributed by atoms with Crippen molar-refractivity contribution >= 4 is 43.6 Å². The molecule has 0 bridgehead atoms. The molecule has 0 amide bonds. The number of benzene rings is 6. The highest BCUT2D eigenvalue weighted by molar-refractivity contribution is 6.16. The van der Waals surface area contributed by atoms with Gasteiger partial charge in [-0.25, -0.2) is 0 Å². The summed E-state index contributed by atoms with van der Waals surface area (Å²) in [6, 6.07) is 51.2. The Morgan fingerprint density at radius 1 is 0.475 bits per heavy atom. The van der Waals surface area contributed by atoms with Crippen LogP contribution in [0.4, 0.5) is 0 Å². The molecular formula is C37H23N3. The molecule has 8 rings (SSSR count). The van der Waals surface area contributed by atoms with Gasteiger partial charge in [-0.15, -0.1) is 0 Å². The Morgan fingerprint density at radius 2 is 1.05 bits per heavy atom. The minimum absolute atomic E-state index is 0.676. The molecule has 0 atom stereocenters. The summed E-state index contributed by atoms with van der Waals surface area (Å²) in [5.74, 6) is 0. The Hall–Kier alpha value is -5.59. The average molecular weight is 510 g/mol. The van der Waals surface area contributed by atoms with Gasteiger partial charge in [-0.05, 0) is 59.7 Å². The fourth-order valence-electron chi connectivity index (χ4n) is 6.29. The van der Waals surface area contributed by atoms with E-state index in [1.807, 2.05) is 24.3 Å². The van der Waals surface area contributed by atoms with Crippen LogP contribution in [0.2, 0.25) is 0 Å². The number of para-hydroxylation sites is 3. The van der Waals surface area contributed by atoms with Gasteiger partial charge in [0.2, 0.25) is 0 Å². The van der Waals surface area contributed by atoms with Crippen LogP contribution in [0.5, 0.6) is 0 Å². The fraction of sp³-hybridized carbons (Fsp3) is 0. The standard InChI is InChI=1S/C37H23N3/c38-24-26-11-1-2-14-28(26)25-12-9-13-27(23-25)39-34-20-8-5-17-31(34)37-35(39)21-10-22-36(37)40-32-18-6-3-15-29(32)30-16-4-7-19-33(30)40/h1-23H. The number of hydrogen-bond acceptors (Lipinski definition) is 1. The third-order valence-corrected chi connectivity index (χ3v) is 7.96. The number of nitrogens with zero attached hydrogens (tertiary/aromatic N) is 3. The van der Waals surface area contributed by atoms with Crippen LogP contribution in [0.15, 0.2) is 140 Å². The number of aromatic nitrogens is 2. The van der Waals surface area contributed by atoms with Crippen molar-refractivity contribution in [3.05, 3.63) is 145 Å². The van der Waals surface area contributed by atoms with Crippen LogP contribution in [0.25, 0.3) is 66.1 Å². The lowest BCUT2D eigenvalue weighted by Crippen LogP contribution is -1.97. The first-order valence-electron chi connectivity index (χ1n) is 13.4. The van der Waals surface area contributed by atoms with Gasteiger partial charge in [0, 0.05) is 27.2 Å². The van der Waals surface area contributed by atoms with E-state index >= 15 is 0 Å². The molecule has 0 saturated heterocycles.